The molecule has 26 heavy (non-hydrogen) atoms. The Balaban J connectivity index is 1.55. The molecule has 1 atom stereocenters. The van der Waals surface area contributed by atoms with E-state index >= 15 is 0 Å². The van der Waals surface area contributed by atoms with Gasteiger partial charge in [-0.3, -0.25) is 9.69 Å². The molecular formula is C21H25N3O2. The van der Waals surface area contributed by atoms with Crippen LogP contribution in [0.3, 0.4) is 0 Å². The van der Waals surface area contributed by atoms with Crippen LogP contribution in [0, 0.1) is 0 Å². The molecule has 1 amide bonds. The summed E-state index contributed by atoms with van der Waals surface area (Å²) in [5.74, 6) is 0.574. The number of carbonyl (C=O) groups excluding carboxylic acids is 1. The van der Waals surface area contributed by atoms with E-state index in [9.17, 15) is 4.79 Å². The molecular weight excluding hydrogens is 326 g/mol. The highest BCUT2D eigenvalue weighted by atomic mass is 16.5. The van der Waals surface area contributed by atoms with Crippen molar-refractivity contribution < 1.29 is 9.53 Å². The first-order valence-corrected chi connectivity index (χ1v) is 8.70. The SMILES string of the molecule is CN(C)C(CNC(=O)COc1ccc2ccccc2c1)c1cccn1C. The van der Waals surface area contributed by atoms with Crippen LogP contribution in [0.5, 0.6) is 5.75 Å². The predicted molar refractivity (Wildman–Crippen MR) is 104 cm³/mol. The summed E-state index contributed by atoms with van der Waals surface area (Å²) in [5, 5.41) is 5.22. The Labute approximate surface area is 154 Å². The van der Waals surface area contributed by atoms with Crippen LogP contribution >= 0.6 is 0 Å². The fourth-order valence-electron chi connectivity index (χ4n) is 3.04. The maximum Gasteiger partial charge on any atom is 0.258 e. The summed E-state index contributed by atoms with van der Waals surface area (Å²) in [7, 11) is 6.03. The van der Waals surface area contributed by atoms with Crippen molar-refractivity contribution in [2.24, 2.45) is 7.05 Å². The minimum atomic E-state index is -0.126. The average molecular weight is 351 g/mol. The fourth-order valence-corrected chi connectivity index (χ4v) is 3.04. The van der Waals surface area contributed by atoms with Gasteiger partial charge in [0, 0.05) is 25.5 Å². The molecule has 0 aliphatic rings. The minimum Gasteiger partial charge on any atom is -0.484 e. The zero-order valence-corrected chi connectivity index (χ0v) is 15.5. The Morgan fingerprint density at radius 1 is 1.12 bits per heavy atom. The molecule has 0 saturated carbocycles. The van der Waals surface area contributed by atoms with Crippen LogP contribution in [0.15, 0.2) is 60.8 Å². The third kappa shape index (κ3) is 4.24. The van der Waals surface area contributed by atoms with Gasteiger partial charge in [0.15, 0.2) is 6.61 Å². The van der Waals surface area contributed by atoms with Crippen LogP contribution in [-0.2, 0) is 11.8 Å². The largest absolute Gasteiger partial charge is 0.484 e. The van der Waals surface area contributed by atoms with Crippen LogP contribution in [-0.4, -0.2) is 42.6 Å². The fraction of sp³-hybridized carbons (Fsp3) is 0.286. The molecule has 3 aromatic rings. The van der Waals surface area contributed by atoms with Crippen molar-refractivity contribution >= 4 is 16.7 Å². The van der Waals surface area contributed by atoms with Crippen molar-refractivity contribution in [3.05, 3.63) is 66.5 Å². The van der Waals surface area contributed by atoms with E-state index in [-0.39, 0.29) is 18.6 Å². The highest BCUT2D eigenvalue weighted by Gasteiger charge is 2.17. The van der Waals surface area contributed by atoms with Crippen molar-refractivity contribution in [1.82, 2.24) is 14.8 Å². The molecule has 2 aromatic carbocycles. The topological polar surface area (TPSA) is 46.5 Å². The summed E-state index contributed by atoms with van der Waals surface area (Å²) >= 11 is 0. The summed E-state index contributed by atoms with van der Waals surface area (Å²) in [6.45, 7) is 0.538. The molecule has 0 aliphatic heterocycles. The van der Waals surface area contributed by atoms with Gasteiger partial charge in [0.25, 0.3) is 5.91 Å². The molecule has 1 aromatic heterocycles. The van der Waals surface area contributed by atoms with Crippen LogP contribution in [0.2, 0.25) is 0 Å². The zero-order chi connectivity index (χ0) is 18.5. The Kier molecular flexibility index (Phi) is 5.58. The number of carbonyl (C=O) groups is 1. The third-order valence-electron chi connectivity index (χ3n) is 4.53. The molecule has 1 unspecified atom stereocenters. The van der Waals surface area contributed by atoms with Gasteiger partial charge in [-0.15, -0.1) is 0 Å². The number of amides is 1. The molecule has 0 fully saturated rings. The van der Waals surface area contributed by atoms with Gasteiger partial charge < -0.3 is 14.6 Å². The lowest BCUT2D eigenvalue weighted by Crippen LogP contribution is -2.37. The Bertz CT molecular complexity index is 886. The highest BCUT2D eigenvalue weighted by molar-refractivity contribution is 5.84. The Morgan fingerprint density at radius 3 is 2.58 bits per heavy atom. The number of nitrogens with one attached hydrogen (secondary N) is 1. The number of likely N-dealkylation sites (N-methyl/N-ethyl adjacent to an activating group) is 1. The summed E-state index contributed by atoms with van der Waals surface area (Å²) in [5.41, 5.74) is 1.16. The number of ether oxygens (including phenoxy) is 1. The van der Waals surface area contributed by atoms with Crippen LogP contribution in [0.4, 0.5) is 0 Å². The molecule has 3 rings (SSSR count). The Hall–Kier alpha value is -2.79. The van der Waals surface area contributed by atoms with Crippen LogP contribution in [0.25, 0.3) is 10.8 Å². The van der Waals surface area contributed by atoms with Gasteiger partial charge in [-0.1, -0.05) is 30.3 Å². The van der Waals surface area contributed by atoms with Gasteiger partial charge in [-0.2, -0.15) is 0 Å². The first kappa shape index (κ1) is 18.0. The number of hydrogen-bond donors (Lipinski definition) is 1. The van der Waals surface area contributed by atoms with Crippen molar-refractivity contribution in [1.29, 1.82) is 0 Å². The summed E-state index contributed by atoms with van der Waals surface area (Å²) in [4.78, 5) is 14.3. The van der Waals surface area contributed by atoms with Crippen molar-refractivity contribution in [2.75, 3.05) is 27.2 Å². The van der Waals surface area contributed by atoms with Gasteiger partial charge in [-0.25, -0.2) is 0 Å². The number of benzene rings is 2. The van der Waals surface area contributed by atoms with E-state index in [2.05, 4.69) is 26.9 Å². The van der Waals surface area contributed by atoms with Crippen molar-refractivity contribution in [3.63, 3.8) is 0 Å². The maximum atomic E-state index is 12.2. The molecule has 136 valence electrons. The van der Waals surface area contributed by atoms with E-state index in [4.69, 9.17) is 4.74 Å². The molecule has 0 aliphatic carbocycles. The number of aromatic nitrogens is 1. The third-order valence-corrected chi connectivity index (χ3v) is 4.53. The second kappa shape index (κ2) is 8.06. The van der Waals surface area contributed by atoms with Gasteiger partial charge >= 0.3 is 0 Å². The second-order valence-electron chi connectivity index (χ2n) is 6.63. The molecule has 0 bridgehead atoms. The lowest BCUT2D eigenvalue weighted by atomic mass is 10.1. The molecule has 1 N–H and O–H groups in total. The molecule has 0 saturated heterocycles. The van der Waals surface area contributed by atoms with E-state index in [0.717, 1.165) is 16.5 Å². The highest BCUT2D eigenvalue weighted by Crippen LogP contribution is 2.20. The van der Waals surface area contributed by atoms with Gasteiger partial charge in [-0.05, 0) is 49.1 Å². The lowest BCUT2D eigenvalue weighted by Gasteiger charge is -2.25. The summed E-state index contributed by atoms with van der Waals surface area (Å²) in [6, 6.07) is 18.1. The normalized spacial score (nSPS) is 12.3. The quantitative estimate of drug-likeness (QED) is 0.712. The lowest BCUT2D eigenvalue weighted by molar-refractivity contribution is -0.123. The number of hydrogen-bond acceptors (Lipinski definition) is 3. The maximum absolute atomic E-state index is 12.2. The van der Waals surface area contributed by atoms with Gasteiger partial charge in [0.1, 0.15) is 5.75 Å². The second-order valence-corrected chi connectivity index (χ2v) is 6.63. The molecule has 0 radical (unpaired) electrons. The molecule has 5 heteroatoms. The van der Waals surface area contributed by atoms with E-state index in [1.54, 1.807) is 0 Å². The van der Waals surface area contributed by atoms with Gasteiger partial charge in [0.2, 0.25) is 0 Å². The standard InChI is InChI=1S/C21H25N3O2/c1-23(2)20(19-9-6-12-24(19)3)14-22-21(25)15-26-18-11-10-16-7-4-5-8-17(16)13-18/h4-13,20H,14-15H2,1-3H3,(H,22,25). The van der Waals surface area contributed by atoms with Crippen LogP contribution < -0.4 is 10.1 Å². The number of fused-ring (bicyclic) bond motifs is 1. The van der Waals surface area contributed by atoms with Crippen molar-refractivity contribution in [2.45, 2.75) is 6.04 Å². The van der Waals surface area contributed by atoms with Crippen LogP contribution in [0.1, 0.15) is 11.7 Å². The number of aryl methyl sites for hydroxylation is 1. The van der Waals surface area contributed by atoms with Crippen molar-refractivity contribution in [3.8, 4) is 5.75 Å². The summed E-state index contributed by atoms with van der Waals surface area (Å²) in [6.07, 6.45) is 2.01. The minimum absolute atomic E-state index is 0.00558. The Morgan fingerprint density at radius 2 is 1.88 bits per heavy atom. The smallest absolute Gasteiger partial charge is 0.258 e. The van der Waals surface area contributed by atoms with E-state index in [1.807, 2.05) is 69.8 Å². The first-order chi connectivity index (χ1) is 12.5. The predicted octanol–water partition coefficient (Wildman–Crippen LogP) is 2.98. The average Bonchev–Trinajstić information content (AvgIpc) is 3.05. The zero-order valence-electron chi connectivity index (χ0n) is 15.5. The molecule has 1 heterocycles. The van der Waals surface area contributed by atoms with E-state index < -0.39 is 0 Å². The van der Waals surface area contributed by atoms with Gasteiger partial charge in [0.05, 0.1) is 6.04 Å². The number of nitrogens with zero attached hydrogens (tertiary/aromatic N) is 2. The van der Waals surface area contributed by atoms with E-state index in [0.29, 0.717) is 12.3 Å². The summed E-state index contributed by atoms with van der Waals surface area (Å²) < 4.78 is 7.72. The first-order valence-electron chi connectivity index (χ1n) is 8.70. The molecule has 0 spiro atoms. The van der Waals surface area contributed by atoms with E-state index in [1.165, 1.54) is 0 Å². The monoisotopic (exact) mass is 351 g/mol. The molecule has 5 nitrogen and oxygen atoms in total. The number of rotatable bonds is 7.